The summed E-state index contributed by atoms with van der Waals surface area (Å²) in [5, 5.41) is 6.53. The largest absolute Gasteiger partial charge is 0.391 e. The van der Waals surface area contributed by atoms with Crippen LogP contribution in [0.3, 0.4) is 0 Å². The van der Waals surface area contributed by atoms with Gasteiger partial charge < -0.3 is 10.6 Å². The number of hydrogen-bond donors (Lipinski definition) is 2. The van der Waals surface area contributed by atoms with Crippen LogP contribution in [0.1, 0.15) is 51.9 Å². The molecule has 2 rings (SSSR count). The first-order chi connectivity index (χ1) is 9.99. The molecule has 0 saturated heterocycles. The summed E-state index contributed by atoms with van der Waals surface area (Å²) in [4.78, 5) is 4.50. The Morgan fingerprint density at radius 3 is 2.36 bits per heavy atom. The lowest BCUT2D eigenvalue weighted by atomic mass is 9.81. The zero-order valence-electron chi connectivity index (χ0n) is 13.1. The fourth-order valence-electron chi connectivity index (χ4n) is 3.04. The van der Waals surface area contributed by atoms with E-state index in [9.17, 15) is 13.2 Å². The van der Waals surface area contributed by atoms with Crippen LogP contribution in [0.5, 0.6) is 0 Å². The van der Waals surface area contributed by atoms with Crippen LogP contribution in [0.2, 0.25) is 0 Å². The molecule has 0 spiro atoms. The smallest absolute Gasteiger partial charge is 0.357 e. The predicted molar refractivity (Wildman–Crippen MR) is 93.7 cm³/mol. The Kier molecular flexibility index (Phi) is 8.27. The highest BCUT2D eigenvalue weighted by atomic mass is 127. The van der Waals surface area contributed by atoms with Crippen LogP contribution in [0.25, 0.3) is 0 Å². The summed E-state index contributed by atoms with van der Waals surface area (Å²) >= 11 is 0. The number of halogens is 4. The molecule has 0 aromatic carbocycles. The monoisotopic (exact) mass is 433 g/mol. The van der Waals surface area contributed by atoms with Crippen LogP contribution >= 0.6 is 24.0 Å². The van der Waals surface area contributed by atoms with Crippen molar-refractivity contribution in [2.24, 2.45) is 16.8 Å². The fourth-order valence-corrected chi connectivity index (χ4v) is 3.04. The van der Waals surface area contributed by atoms with E-state index >= 15 is 0 Å². The van der Waals surface area contributed by atoms with Gasteiger partial charge in [-0.2, -0.15) is 13.2 Å². The average molecular weight is 433 g/mol. The third kappa shape index (κ3) is 6.12. The molecule has 0 bridgehead atoms. The minimum Gasteiger partial charge on any atom is -0.357 e. The van der Waals surface area contributed by atoms with Gasteiger partial charge in [-0.1, -0.05) is 6.42 Å². The topological polar surface area (TPSA) is 36.4 Å². The summed E-state index contributed by atoms with van der Waals surface area (Å²) in [5.74, 6) is -0.313. The van der Waals surface area contributed by atoms with E-state index in [-0.39, 0.29) is 42.7 Å². The molecule has 2 aliphatic rings. The molecule has 2 unspecified atom stereocenters. The standard InChI is InChI=1S/C15H26F3N3.HI/c1-2-19-14(21-13-7-4-8-13)20-10-11-5-3-6-12(9-11)15(16,17)18;/h11-13H,2-10H2,1H3,(H2,19,20,21);1H. The molecule has 0 aromatic heterocycles. The van der Waals surface area contributed by atoms with Crippen molar-refractivity contribution < 1.29 is 13.2 Å². The van der Waals surface area contributed by atoms with Crippen LogP contribution in [-0.2, 0) is 0 Å². The summed E-state index contributed by atoms with van der Waals surface area (Å²) < 4.78 is 38.4. The molecule has 0 amide bonds. The maximum Gasteiger partial charge on any atom is 0.391 e. The molecule has 0 aliphatic heterocycles. The number of nitrogens with one attached hydrogen (secondary N) is 2. The van der Waals surface area contributed by atoms with E-state index in [1.165, 1.54) is 6.42 Å². The van der Waals surface area contributed by atoms with Crippen molar-refractivity contribution >= 4 is 29.9 Å². The Morgan fingerprint density at radius 2 is 1.82 bits per heavy atom. The van der Waals surface area contributed by atoms with Crippen LogP contribution in [0.15, 0.2) is 4.99 Å². The Labute approximate surface area is 147 Å². The van der Waals surface area contributed by atoms with Gasteiger partial charge in [0.05, 0.1) is 5.92 Å². The Morgan fingerprint density at radius 1 is 1.14 bits per heavy atom. The number of hydrogen-bond acceptors (Lipinski definition) is 1. The van der Waals surface area contributed by atoms with Crippen molar-refractivity contribution in [1.29, 1.82) is 0 Å². The molecule has 0 heterocycles. The number of rotatable bonds is 4. The number of aliphatic imine (C=N–C) groups is 1. The lowest BCUT2D eigenvalue weighted by Crippen LogP contribution is -2.46. The predicted octanol–water partition coefficient (Wildman–Crippen LogP) is 4.08. The van der Waals surface area contributed by atoms with E-state index in [2.05, 4.69) is 15.6 Å². The van der Waals surface area contributed by atoms with Crippen LogP contribution in [0.4, 0.5) is 13.2 Å². The Hall–Kier alpha value is -0.210. The molecular weight excluding hydrogens is 406 g/mol. The SMILES string of the molecule is CCNC(=NCC1CCCC(C(F)(F)F)C1)NC1CCC1.I. The van der Waals surface area contributed by atoms with Crippen molar-refractivity contribution in [3.8, 4) is 0 Å². The van der Waals surface area contributed by atoms with E-state index in [4.69, 9.17) is 0 Å². The quantitative estimate of drug-likeness (QED) is 0.398. The van der Waals surface area contributed by atoms with Crippen molar-refractivity contribution in [1.82, 2.24) is 10.6 Å². The van der Waals surface area contributed by atoms with Crippen molar-refractivity contribution in [2.75, 3.05) is 13.1 Å². The maximum atomic E-state index is 12.8. The second-order valence-electron chi connectivity index (χ2n) is 6.26. The first-order valence-corrected chi connectivity index (χ1v) is 8.10. The Bertz CT molecular complexity index is 356. The highest BCUT2D eigenvalue weighted by molar-refractivity contribution is 14.0. The highest BCUT2D eigenvalue weighted by Crippen LogP contribution is 2.39. The summed E-state index contributed by atoms with van der Waals surface area (Å²) in [7, 11) is 0. The lowest BCUT2D eigenvalue weighted by Gasteiger charge is -2.31. The van der Waals surface area contributed by atoms with Gasteiger partial charge in [-0.25, -0.2) is 0 Å². The molecule has 0 aromatic rings. The fraction of sp³-hybridized carbons (Fsp3) is 0.933. The molecule has 3 nitrogen and oxygen atoms in total. The average Bonchev–Trinajstić information content (AvgIpc) is 2.39. The molecule has 2 N–H and O–H groups in total. The molecule has 7 heteroatoms. The van der Waals surface area contributed by atoms with Crippen LogP contribution < -0.4 is 10.6 Å². The van der Waals surface area contributed by atoms with Gasteiger partial charge in [0, 0.05) is 19.1 Å². The molecule has 130 valence electrons. The zero-order valence-corrected chi connectivity index (χ0v) is 15.4. The molecule has 22 heavy (non-hydrogen) atoms. The highest BCUT2D eigenvalue weighted by Gasteiger charge is 2.42. The summed E-state index contributed by atoms with van der Waals surface area (Å²) in [6.07, 6.45) is 1.55. The van der Waals surface area contributed by atoms with Crippen molar-refractivity contribution in [3.63, 3.8) is 0 Å². The normalized spacial score (nSPS) is 26.8. The van der Waals surface area contributed by atoms with E-state index in [1.807, 2.05) is 6.92 Å². The second-order valence-corrected chi connectivity index (χ2v) is 6.26. The molecule has 2 atom stereocenters. The molecule has 0 radical (unpaired) electrons. The molecule has 2 fully saturated rings. The minimum atomic E-state index is -4.04. The van der Waals surface area contributed by atoms with Gasteiger partial charge in [-0.05, 0) is 51.4 Å². The minimum absolute atomic E-state index is 0. The van der Waals surface area contributed by atoms with E-state index < -0.39 is 12.1 Å². The van der Waals surface area contributed by atoms with Gasteiger partial charge in [0.2, 0.25) is 0 Å². The Balaban J connectivity index is 0.00000242. The zero-order chi connectivity index (χ0) is 15.3. The number of nitrogens with zero attached hydrogens (tertiary/aromatic N) is 1. The van der Waals surface area contributed by atoms with Gasteiger partial charge in [-0.3, -0.25) is 4.99 Å². The van der Waals surface area contributed by atoms with E-state index in [0.717, 1.165) is 31.8 Å². The number of guanidine groups is 1. The second kappa shape index (κ2) is 9.17. The molecule has 2 saturated carbocycles. The van der Waals surface area contributed by atoms with Crippen molar-refractivity contribution in [2.45, 2.75) is 64.1 Å². The first kappa shape index (κ1) is 19.8. The third-order valence-corrected chi connectivity index (χ3v) is 4.54. The maximum absolute atomic E-state index is 12.8. The van der Waals surface area contributed by atoms with Crippen LogP contribution in [0, 0.1) is 11.8 Å². The summed E-state index contributed by atoms with van der Waals surface area (Å²) in [5.41, 5.74) is 0. The lowest BCUT2D eigenvalue weighted by molar-refractivity contribution is -0.185. The van der Waals surface area contributed by atoms with Gasteiger partial charge >= 0.3 is 6.18 Å². The summed E-state index contributed by atoms with van der Waals surface area (Å²) in [6, 6.07) is 0.483. The third-order valence-electron chi connectivity index (χ3n) is 4.54. The van der Waals surface area contributed by atoms with Gasteiger partial charge in [0.1, 0.15) is 0 Å². The summed E-state index contributed by atoms with van der Waals surface area (Å²) in [6.45, 7) is 3.27. The molecule has 2 aliphatic carbocycles. The number of alkyl halides is 3. The van der Waals surface area contributed by atoms with Gasteiger partial charge in [0.15, 0.2) is 5.96 Å². The first-order valence-electron chi connectivity index (χ1n) is 8.10. The van der Waals surface area contributed by atoms with Crippen molar-refractivity contribution in [3.05, 3.63) is 0 Å². The van der Waals surface area contributed by atoms with Gasteiger partial charge in [0.25, 0.3) is 0 Å². The van der Waals surface area contributed by atoms with E-state index in [1.54, 1.807) is 0 Å². The molecular formula is C15H27F3IN3. The van der Waals surface area contributed by atoms with Gasteiger partial charge in [-0.15, -0.1) is 24.0 Å². The van der Waals surface area contributed by atoms with E-state index in [0.29, 0.717) is 19.0 Å². The van der Waals surface area contributed by atoms with Crippen LogP contribution in [-0.4, -0.2) is 31.3 Å².